The molecule has 0 unspecified atom stereocenters. The van der Waals surface area contributed by atoms with Crippen molar-refractivity contribution in [3.63, 3.8) is 0 Å². The third-order valence-electron chi connectivity index (χ3n) is 5.58. The zero-order chi connectivity index (χ0) is 22.4. The number of rotatable bonds is 4. The van der Waals surface area contributed by atoms with E-state index in [9.17, 15) is 9.59 Å². The number of pyridine rings is 1. The highest BCUT2D eigenvalue weighted by Gasteiger charge is 2.16. The van der Waals surface area contributed by atoms with Crippen LogP contribution in [0.5, 0.6) is 0 Å². The summed E-state index contributed by atoms with van der Waals surface area (Å²) < 4.78 is 7.62. The molecule has 3 aromatic carbocycles. The first-order valence-corrected chi connectivity index (χ1v) is 10.4. The van der Waals surface area contributed by atoms with Gasteiger partial charge in [0, 0.05) is 16.2 Å². The number of hydrogen-bond acceptors (Lipinski definition) is 5. The molecule has 33 heavy (non-hydrogen) atoms. The van der Waals surface area contributed by atoms with Gasteiger partial charge in [-0.05, 0) is 36.4 Å². The summed E-state index contributed by atoms with van der Waals surface area (Å²) in [5.74, 6) is 0.775. The molecule has 3 aromatic heterocycles. The van der Waals surface area contributed by atoms with Crippen LogP contribution in [0, 0.1) is 0 Å². The molecule has 1 amide bonds. The molecule has 6 aromatic rings. The number of hydrogen-bond donors (Lipinski definition) is 2. The van der Waals surface area contributed by atoms with Crippen molar-refractivity contribution in [2.75, 3.05) is 5.32 Å². The summed E-state index contributed by atoms with van der Waals surface area (Å²) in [5.41, 5.74) is 2.07. The molecule has 8 heteroatoms. The fourth-order valence-electron chi connectivity index (χ4n) is 4.08. The summed E-state index contributed by atoms with van der Waals surface area (Å²) in [6.07, 6.45) is 0. The number of nitrogens with zero attached hydrogens (tertiary/aromatic N) is 3. The number of benzene rings is 3. The fourth-order valence-corrected chi connectivity index (χ4v) is 4.08. The quantitative estimate of drug-likeness (QED) is 0.401. The summed E-state index contributed by atoms with van der Waals surface area (Å²) in [6, 6.07) is 24.0. The van der Waals surface area contributed by atoms with Crippen molar-refractivity contribution in [2.45, 2.75) is 6.54 Å². The molecule has 8 nitrogen and oxygen atoms in total. The van der Waals surface area contributed by atoms with Gasteiger partial charge in [-0.3, -0.25) is 20.0 Å². The first-order valence-electron chi connectivity index (χ1n) is 10.4. The first-order chi connectivity index (χ1) is 16.2. The van der Waals surface area contributed by atoms with Crippen LogP contribution in [0.3, 0.4) is 0 Å². The van der Waals surface area contributed by atoms with Crippen LogP contribution in [0.2, 0.25) is 0 Å². The van der Waals surface area contributed by atoms with Crippen molar-refractivity contribution < 1.29 is 9.21 Å². The van der Waals surface area contributed by atoms with Crippen LogP contribution in [0.1, 0.15) is 0 Å². The van der Waals surface area contributed by atoms with Crippen LogP contribution in [-0.2, 0) is 11.3 Å². The largest absolute Gasteiger partial charge is 0.453 e. The Balaban J connectivity index is 1.31. The van der Waals surface area contributed by atoms with Gasteiger partial charge in [-0.1, -0.05) is 42.5 Å². The average Bonchev–Trinajstić information content (AvgIpc) is 3.48. The van der Waals surface area contributed by atoms with Crippen molar-refractivity contribution in [3.05, 3.63) is 89.1 Å². The van der Waals surface area contributed by atoms with Gasteiger partial charge in [0.2, 0.25) is 11.9 Å². The topological polar surface area (TPSA) is 106 Å². The number of amides is 1. The van der Waals surface area contributed by atoms with Crippen LogP contribution in [0.15, 0.2) is 88.1 Å². The Hall–Kier alpha value is -4.72. The molecule has 0 fully saturated rings. The molecule has 0 saturated heterocycles. The van der Waals surface area contributed by atoms with Crippen LogP contribution in [0.25, 0.3) is 44.4 Å². The van der Waals surface area contributed by atoms with Gasteiger partial charge < -0.3 is 8.98 Å². The molecule has 0 saturated carbocycles. The molecular formula is C25H17N5O3. The van der Waals surface area contributed by atoms with Crippen molar-refractivity contribution in [2.24, 2.45) is 0 Å². The van der Waals surface area contributed by atoms with Gasteiger partial charge in [0.25, 0.3) is 0 Å². The van der Waals surface area contributed by atoms with Gasteiger partial charge in [-0.15, -0.1) is 5.10 Å². The minimum Gasteiger partial charge on any atom is -0.453 e. The van der Waals surface area contributed by atoms with E-state index in [-0.39, 0.29) is 23.8 Å². The molecule has 0 aliphatic rings. The number of furan rings is 1. The van der Waals surface area contributed by atoms with E-state index in [1.807, 2.05) is 71.3 Å². The molecular weight excluding hydrogens is 418 g/mol. The van der Waals surface area contributed by atoms with Crippen molar-refractivity contribution in [1.82, 2.24) is 19.7 Å². The number of anilines is 1. The van der Waals surface area contributed by atoms with Crippen molar-refractivity contribution in [1.29, 1.82) is 0 Å². The summed E-state index contributed by atoms with van der Waals surface area (Å²) in [6.45, 7) is -0.00415. The van der Waals surface area contributed by atoms with Crippen LogP contribution in [-0.4, -0.2) is 25.7 Å². The van der Waals surface area contributed by atoms with Gasteiger partial charge in [0.15, 0.2) is 17.0 Å². The molecule has 0 aliphatic carbocycles. The maximum atomic E-state index is 12.9. The molecule has 0 bridgehead atoms. The first kappa shape index (κ1) is 19.0. The van der Waals surface area contributed by atoms with Gasteiger partial charge in [-0.2, -0.15) is 4.98 Å². The van der Waals surface area contributed by atoms with E-state index in [4.69, 9.17) is 4.42 Å². The number of para-hydroxylation sites is 3. The normalized spacial score (nSPS) is 11.4. The lowest BCUT2D eigenvalue weighted by molar-refractivity contribution is -0.116. The van der Waals surface area contributed by atoms with Gasteiger partial charge in [0.05, 0.1) is 11.0 Å². The Labute approximate surface area is 186 Å². The molecule has 0 spiro atoms. The highest BCUT2D eigenvalue weighted by atomic mass is 16.3. The molecule has 6 rings (SSSR count). The lowest BCUT2D eigenvalue weighted by Gasteiger charge is -2.14. The molecule has 0 radical (unpaired) electrons. The zero-order valence-electron chi connectivity index (χ0n) is 17.3. The highest BCUT2D eigenvalue weighted by Crippen LogP contribution is 2.26. The van der Waals surface area contributed by atoms with Gasteiger partial charge in [-0.25, -0.2) is 0 Å². The van der Waals surface area contributed by atoms with Crippen LogP contribution >= 0.6 is 0 Å². The van der Waals surface area contributed by atoms with Crippen LogP contribution < -0.4 is 10.7 Å². The fraction of sp³-hybridized carbons (Fsp3) is 0.0400. The maximum absolute atomic E-state index is 12.9. The molecule has 3 heterocycles. The highest BCUT2D eigenvalue weighted by molar-refractivity contribution is 5.96. The number of nitrogens with one attached hydrogen (secondary N) is 2. The third-order valence-corrected chi connectivity index (χ3v) is 5.58. The lowest BCUT2D eigenvalue weighted by atomic mass is 10.1. The van der Waals surface area contributed by atoms with Gasteiger partial charge in [0.1, 0.15) is 12.1 Å². The maximum Gasteiger partial charge on any atom is 0.249 e. The Kier molecular flexibility index (Phi) is 4.29. The molecule has 0 atom stereocenters. The summed E-state index contributed by atoms with van der Waals surface area (Å²) in [7, 11) is 0. The molecule has 2 N–H and O–H groups in total. The Morgan fingerprint density at radius 3 is 2.33 bits per heavy atom. The monoisotopic (exact) mass is 435 g/mol. The van der Waals surface area contributed by atoms with E-state index in [0.717, 1.165) is 11.0 Å². The lowest BCUT2D eigenvalue weighted by Crippen LogP contribution is -2.22. The van der Waals surface area contributed by atoms with E-state index in [1.54, 1.807) is 12.1 Å². The minimum absolute atomic E-state index is 0.00415. The summed E-state index contributed by atoms with van der Waals surface area (Å²) >= 11 is 0. The van der Waals surface area contributed by atoms with Gasteiger partial charge >= 0.3 is 0 Å². The standard InChI is InChI=1S/C25H17N5O3/c31-22(26-25-27-24(28-29-25)21-13-15-7-1-6-12-20(15)33-21)14-30-18-10-4-2-8-16(18)23(32)17-9-3-5-11-19(17)30/h1-13H,14H2,(H2,26,27,28,29,31). The number of carbonyl (C=O) groups is 1. The number of carbonyl (C=O) groups excluding carboxylic acids is 1. The predicted molar refractivity (Wildman–Crippen MR) is 126 cm³/mol. The van der Waals surface area contributed by atoms with Crippen LogP contribution in [0.4, 0.5) is 5.95 Å². The number of aromatic nitrogens is 4. The SMILES string of the molecule is O=C(Cn1c2ccccc2c(=O)c2ccccc21)Nc1n[nH]c(-c2cc3ccccc3o2)n1. The predicted octanol–water partition coefficient (Wildman–Crippen LogP) is 4.32. The summed E-state index contributed by atoms with van der Waals surface area (Å²) in [4.78, 5) is 30.1. The van der Waals surface area contributed by atoms with E-state index < -0.39 is 0 Å². The van der Waals surface area contributed by atoms with E-state index in [0.29, 0.717) is 33.4 Å². The molecule has 0 aliphatic heterocycles. The second-order valence-electron chi connectivity index (χ2n) is 7.65. The number of H-pyrrole nitrogens is 1. The minimum atomic E-state index is -0.316. The van der Waals surface area contributed by atoms with Crippen molar-refractivity contribution in [3.8, 4) is 11.6 Å². The second kappa shape index (κ2) is 7.45. The zero-order valence-corrected chi connectivity index (χ0v) is 17.3. The number of fused-ring (bicyclic) bond motifs is 3. The number of aromatic amines is 1. The Morgan fingerprint density at radius 1 is 0.939 bits per heavy atom. The Morgan fingerprint density at radius 2 is 1.61 bits per heavy atom. The molecule has 160 valence electrons. The smallest absolute Gasteiger partial charge is 0.249 e. The average molecular weight is 435 g/mol. The van der Waals surface area contributed by atoms with E-state index in [1.165, 1.54) is 0 Å². The second-order valence-corrected chi connectivity index (χ2v) is 7.65. The van der Waals surface area contributed by atoms with Crippen molar-refractivity contribution >= 4 is 44.6 Å². The Bertz CT molecular complexity index is 1630. The third kappa shape index (κ3) is 3.25. The van der Waals surface area contributed by atoms with E-state index in [2.05, 4.69) is 20.5 Å². The van der Waals surface area contributed by atoms with E-state index >= 15 is 0 Å². The summed E-state index contributed by atoms with van der Waals surface area (Å²) in [5, 5.41) is 11.7.